The van der Waals surface area contributed by atoms with Gasteiger partial charge in [0.05, 0.1) is 0 Å². The van der Waals surface area contributed by atoms with E-state index in [0.29, 0.717) is 17.8 Å². The van der Waals surface area contributed by atoms with Gasteiger partial charge in [-0.05, 0) is 42.4 Å². The van der Waals surface area contributed by atoms with Crippen LogP contribution in [0.3, 0.4) is 0 Å². The van der Waals surface area contributed by atoms with E-state index in [0.717, 1.165) is 18.8 Å². The number of amides is 1. The molecule has 19 heavy (non-hydrogen) atoms. The zero-order valence-electron chi connectivity index (χ0n) is 13.2. The van der Waals surface area contributed by atoms with Crippen molar-refractivity contribution in [3.8, 4) is 0 Å². The third-order valence-corrected chi connectivity index (χ3v) is 5.15. The molecule has 0 radical (unpaired) electrons. The lowest BCUT2D eigenvalue weighted by atomic mass is 9.69. The van der Waals surface area contributed by atoms with Crippen molar-refractivity contribution in [2.45, 2.75) is 60.3 Å². The van der Waals surface area contributed by atoms with Gasteiger partial charge < -0.3 is 5.32 Å². The van der Waals surface area contributed by atoms with E-state index in [1.165, 1.54) is 12.8 Å². The second-order valence-corrected chi connectivity index (χ2v) is 8.20. The second kappa shape index (κ2) is 6.47. The summed E-state index contributed by atoms with van der Waals surface area (Å²) < 4.78 is 0. The fraction of sp³-hybridized carbons (Fsp3) is 0.938. The Kier molecular flexibility index (Phi) is 5.73. The number of rotatable bonds is 4. The summed E-state index contributed by atoms with van der Waals surface area (Å²) in [5.74, 6) is 1.77. The summed E-state index contributed by atoms with van der Waals surface area (Å²) in [6, 6.07) is 0. The van der Waals surface area contributed by atoms with E-state index in [9.17, 15) is 4.79 Å². The van der Waals surface area contributed by atoms with Gasteiger partial charge in [0.15, 0.2) is 0 Å². The highest BCUT2D eigenvalue weighted by Gasteiger charge is 2.32. The maximum absolute atomic E-state index is 12.2. The Bertz CT molecular complexity index is 298. The van der Waals surface area contributed by atoms with Crippen LogP contribution < -0.4 is 5.32 Å². The summed E-state index contributed by atoms with van der Waals surface area (Å²) in [6.45, 7) is 11.8. The van der Waals surface area contributed by atoms with Crippen LogP contribution in [0.25, 0.3) is 0 Å². The van der Waals surface area contributed by atoms with Gasteiger partial charge in [-0.3, -0.25) is 4.79 Å². The highest BCUT2D eigenvalue weighted by molar-refractivity contribution is 6.18. The topological polar surface area (TPSA) is 29.1 Å². The van der Waals surface area contributed by atoms with Crippen molar-refractivity contribution >= 4 is 17.5 Å². The monoisotopic (exact) mass is 287 g/mol. The number of nitrogens with one attached hydrogen (secondary N) is 1. The third kappa shape index (κ3) is 5.33. The Morgan fingerprint density at radius 1 is 1.11 bits per heavy atom. The lowest BCUT2D eigenvalue weighted by Crippen LogP contribution is -2.40. The largest absolute Gasteiger partial charge is 0.355 e. The Hall–Kier alpha value is -0.240. The van der Waals surface area contributed by atoms with Crippen LogP contribution in [-0.4, -0.2) is 18.3 Å². The van der Waals surface area contributed by atoms with E-state index in [2.05, 4.69) is 39.9 Å². The maximum atomic E-state index is 12.2. The van der Waals surface area contributed by atoms with Gasteiger partial charge in [-0.2, -0.15) is 0 Å². The normalized spacial score (nSPS) is 25.2. The summed E-state index contributed by atoms with van der Waals surface area (Å²) in [5, 5.41) is 3.07. The van der Waals surface area contributed by atoms with E-state index < -0.39 is 0 Å². The quantitative estimate of drug-likeness (QED) is 0.771. The maximum Gasteiger partial charge on any atom is 0.223 e. The molecule has 0 atom stereocenters. The Morgan fingerprint density at radius 2 is 1.63 bits per heavy atom. The molecule has 1 fully saturated rings. The van der Waals surface area contributed by atoms with Gasteiger partial charge in [0.2, 0.25) is 5.91 Å². The number of carbonyl (C=O) groups excluding carboxylic acids is 1. The van der Waals surface area contributed by atoms with Crippen LogP contribution in [0.4, 0.5) is 0 Å². The Morgan fingerprint density at radius 3 is 2.05 bits per heavy atom. The molecule has 1 N–H and O–H groups in total. The predicted octanol–water partition coefficient (Wildman–Crippen LogP) is 4.22. The molecule has 0 unspecified atom stereocenters. The van der Waals surface area contributed by atoms with Crippen LogP contribution in [0.1, 0.15) is 60.3 Å². The Labute approximate surface area is 123 Å². The molecule has 1 aliphatic rings. The van der Waals surface area contributed by atoms with Crippen LogP contribution in [0.5, 0.6) is 0 Å². The van der Waals surface area contributed by atoms with E-state index in [-0.39, 0.29) is 17.2 Å². The summed E-state index contributed by atoms with van der Waals surface area (Å²) in [5.41, 5.74) is 0.363. The van der Waals surface area contributed by atoms with Gasteiger partial charge >= 0.3 is 0 Å². The number of halogens is 1. The van der Waals surface area contributed by atoms with Crippen LogP contribution in [0.15, 0.2) is 0 Å². The molecule has 112 valence electrons. The van der Waals surface area contributed by atoms with Crippen molar-refractivity contribution in [1.29, 1.82) is 0 Å². The molecule has 1 aliphatic carbocycles. The van der Waals surface area contributed by atoms with Crippen molar-refractivity contribution in [2.24, 2.45) is 22.7 Å². The third-order valence-electron chi connectivity index (χ3n) is 4.43. The van der Waals surface area contributed by atoms with Gasteiger partial charge in [0.25, 0.3) is 0 Å². The smallest absolute Gasteiger partial charge is 0.223 e. The van der Waals surface area contributed by atoms with Crippen molar-refractivity contribution in [2.75, 3.05) is 12.4 Å². The minimum absolute atomic E-state index is 0.0141. The molecular formula is C16H30ClNO. The van der Waals surface area contributed by atoms with Crippen molar-refractivity contribution in [3.05, 3.63) is 0 Å². The van der Waals surface area contributed by atoms with Crippen LogP contribution in [-0.2, 0) is 4.79 Å². The van der Waals surface area contributed by atoms with E-state index in [1.807, 2.05) is 0 Å². The molecule has 0 aromatic heterocycles. The van der Waals surface area contributed by atoms with Gasteiger partial charge in [-0.15, -0.1) is 11.6 Å². The van der Waals surface area contributed by atoms with Crippen LogP contribution in [0.2, 0.25) is 0 Å². The zero-order chi connectivity index (χ0) is 14.7. The standard InChI is InChI=1S/C16H30ClNO/c1-15(2,3)13-8-6-12(7-9-13)14(19)18-11-16(4,5)10-17/h12-13H,6-11H2,1-5H3,(H,18,19). The molecule has 3 heteroatoms. The molecular weight excluding hydrogens is 258 g/mol. The minimum Gasteiger partial charge on any atom is -0.355 e. The first-order valence-corrected chi connectivity index (χ1v) is 8.03. The van der Waals surface area contributed by atoms with Gasteiger partial charge in [0, 0.05) is 18.3 Å². The molecule has 0 aromatic rings. The highest BCUT2D eigenvalue weighted by Crippen LogP contribution is 2.39. The number of hydrogen-bond acceptors (Lipinski definition) is 1. The van der Waals surface area contributed by atoms with Crippen molar-refractivity contribution in [1.82, 2.24) is 5.32 Å². The molecule has 0 spiro atoms. The summed E-state index contributed by atoms with van der Waals surface area (Å²) in [4.78, 5) is 12.2. The Balaban J connectivity index is 2.37. The van der Waals surface area contributed by atoms with Gasteiger partial charge in [-0.25, -0.2) is 0 Å². The molecule has 0 heterocycles. The second-order valence-electron chi connectivity index (χ2n) is 7.93. The minimum atomic E-state index is -0.0141. The number of hydrogen-bond donors (Lipinski definition) is 1. The van der Waals surface area contributed by atoms with E-state index >= 15 is 0 Å². The molecule has 0 aliphatic heterocycles. The molecule has 1 rings (SSSR count). The van der Waals surface area contributed by atoms with Crippen LogP contribution >= 0.6 is 11.6 Å². The molecule has 2 nitrogen and oxygen atoms in total. The first kappa shape index (κ1) is 16.8. The van der Waals surface area contributed by atoms with E-state index in [1.54, 1.807) is 0 Å². The van der Waals surface area contributed by atoms with E-state index in [4.69, 9.17) is 11.6 Å². The average molecular weight is 288 g/mol. The summed E-state index contributed by atoms with van der Waals surface area (Å²) >= 11 is 5.88. The average Bonchev–Trinajstić information content (AvgIpc) is 2.35. The molecule has 1 saturated carbocycles. The summed E-state index contributed by atoms with van der Waals surface area (Å²) in [7, 11) is 0. The van der Waals surface area contributed by atoms with Crippen molar-refractivity contribution < 1.29 is 4.79 Å². The predicted molar refractivity (Wildman–Crippen MR) is 82.4 cm³/mol. The first-order valence-electron chi connectivity index (χ1n) is 7.49. The number of carbonyl (C=O) groups is 1. The van der Waals surface area contributed by atoms with Crippen molar-refractivity contribution in [3.63, 3.8) is 0 Å². The number of alkyl halides is 1. The van der Waals surface area contributed by atoms with Gasteiger partial charge in [-0.1, -0.05) is 34.6 Å². The molecule has 0 saturated heterocycles. The lowest BCUT2D eigenvalue weighted by molar-refractivity contribution is -0.126. The van der Waals surface area contributed by atoms with Crippen LogP contribution in [0, 0.1) is 22.7 Å². The summed E-state index contributed by atoms with van der Waals surface area (Å²) in [6.07, 6.45) is 4.44. The molecule has 1 amide bonds. The first-order chi connectivity index (χ1) is 8.65. The SMILES string of the molecule is CC(C)(CCl)CNC(=O)C1CCC(C(C)(C)C)CC1. The van der Waals surface area contributed by atoms with Gasteiger partial charge in [0.1, 0.15) is 0 Å². The highest BCUT2D eigenvalue weighted by atomic mass is 35.5. The fourth-order valence-electron chi connectivity index (χ4n) is 2.74. The molecule has 0 aromatic carbocycles. The molecule has 0 bridgehead atoms. The zero-order valence-corrected chi connectivity index (χ0v) is 13.9. The fourth-order valence-corrected chi connectivity index (χ4v) is 2.83. The lowest BCUT2D eigenvalue weighted by Gasteiger charge is -2.36.